The van der Waals surface area contributed by atoms with E-state index in [1.165, 1.54) is 0 Å². The van der Waals surface area contributed by atoms with Crippen molar-refractivity contribution in [3.05, 3.63) is 41.5 Å². The molecule has 0 saturated carbocycles. The molecular formula is C21H20O7. The molecule has 5 rings (SSSR count). The van der Waals surface area contributed by atoms with E-state index >= 15 is 0 Å². The summed E-state index contributed by atoms with van der Waals surface area (Å²) >= 11 is 0. The van der Waals surface area contributed by atoms with Gasteiger partial charge in [-0.05, 0) is 48.2 Å². The zero-order chi connectivity index (χ0) is 19.1. The van der Waals surface area contributed by atoms with Gasteiger partial charge in [-0.3, -0.25) is 4.79 Å². The van der Waals surface area contributed by atoms with E-state index in [1.54, 1.807) is 7.11 Å². The monoisotopic (exact) mass is 384 g/mol. The first-order valence-corrected chi connectivity index (χ1v) is 9.23. The van der Waals surface area contributed by atoms with E-state index in [1.807, 2.05) is 30.3 Å². The van der Waals surface area contributed by atoms with Crippen molar-refractivity contribution < 1.29 is 33.2 Å². The Morgan fingerprint density at radius 3 is 2.57 bits per heavy atom. The fraction of sp³-hybridized carbons (Fsp3) is 0.381. The first-order chi connectivity index (χ1) is 13.7. The topological polar surface area (TPSA) is 72.5 Å². The summed E-state index contributed by atoms with van der Waals surface area (Å²) in [6, 6.07) is 9.68. The molecule has 3 aliphatic heterocycles. The number of rotatable bonds is 5. The van der Waals surface area contributed by atoms with Gasteiger partial charge in [0.05, 0.1) is 19.6 Å². The average molecular weight is 384 g/mol. The van der Waals surface area contributed by atoms with Crippen molar-refractivity contribution in [2.45, 2.75) is 12.8 Å². The van der Waals surface area contributed by atoms with E-state index in [4.69, 9.17) is 28.4 Å². The van der Waals surface area contributed by atoms with Gasteiger partial charge < -0.3 is 28.4 Å². The number of ether oxygens (including phenoxy) is 6. The van der Waals surface area contributed by atoms with Crippen molar-refractivity contribution in [1.29, 1.82) is 0 Å². The van der Waals surface area contributed by atoms with Crippen molar-refractivity contribution in [3.8, 4) is 28.7 Å². The van der Waals surface area contributed by atoms with Gasteiger partial charge in [0.15, 0.2) is 23.0 Å². The maximum absolute atomic E-state index is 12.4. The number of benzene rings is 2. The largest absolute Gasteiger partial charge is 0.493 e. The van der Waals surface area contributed by atoms with Gasteiger partial charge in [0, 0.05) is 5.92 Å². The van der Waals surface area contributed by atoms with Crippen LogP contribution in [0.5, 0.6) is 28.7 Å². The Morgan fingerprint density at radius 1 is 0.893 bits per heavy atom. The number of cyclic esters (lactones) is 1. The number of methoxy groups -OCH3 is 1. The lowest BCUT2D eigenvalue weighted by Crippen LogP contribution is -2.20. The Labute approximate surface area is 162 Å². The van der Waals surface area contributed by atoms with Crippen LogP contribution >= 0.6 is 0 Å². The van der Waals surface area contributed by atoms with Gasteiger partial charge in [0.1, 0.15) is 0 Å². The van der Waals surface area contributed by atoms with Crippen LogP contribution in [0.3, 0.4) is 0 Å². The molecule has 2 aromatic rings. The first kappa shape index (κ1) is 17.0. The molecule has 3 heterocycles. The number of esters is 1. The summed E-state index contributed by atoms with van der Waals surface area (Å²) in [5.74, 6) is 3.11. The average Bonchev–Trinajstić information content (AvgIpc) is 3.43. The highest BCUT2D eigenvalue weighted by Crippen LogP contribution is 2.43. The maximum Gasteiger partial charge on any atom is 0.309 e. The van der Waals surface area contributed by atoms with Gasteiger partial charge >= 0.3 is 5.97 Å². The second kappa shape index (κ2) is 6.82. The Bertz CT molecular complexity index is 923. The zero-order valence-corrected chi connectivity index (χ0v) is 15.4. The molecule has 1 saturated heterocycles. The molecule has 7 nitrogen and oxygen atoms in total. The number of carbonyl (C=O) groups excluding carboxylic acids is 1. The van der Waals surface area contributed by atoms with E-state index in [0.717, 1.165) is 22.6 Å². The molecule has 7 heteroatoms. The molecule has 0 N–H and O–H groups in total. The van der Waals surface area contributed by atoms with Gasteiger partial charge in [-0.2, -0.15) is 0 Å². The Morgan fingerprint density at radius 2 is 1.68 bits per heavy atom. The fourth-order valence-electron chi connectivity index (χ4n) is 3.98. The predicted octanol–water partition coefficient (Wildman–Crippen LogP) is 2.73. The number of fused-ring (bicyclic) bond motifs is 2. The molecule has 0 bridgehead atoms. The first-order valence-electron chi connectivity index (χ1n) is 9.23. The minimum Gasteiger partial charge on any atom is -0.493 e. The van der Waals surface area contributed by atoms with Crippen LogP contribution in [0.15, 0.2) is 30.3 Å². The molecule has 0 aromatic heterocycles. The molecule has 28 heavy (non-hydrogen) atoms. The molecule has 146 valence electrons. The minimum atomic E-state index is -0.211. The van der Waals surface area contributed by atoms with E-state index in [-0.39, 0.29) is 31.4 Å². The van der Waals surface area contributed by atoms with Gasteiger partial charge in [-0.15, -0.1) is 0 Å². The lowest BCUT2D eigenvalue weighted by Gasteiger charge is -2.16. The third-order valence-corrected chi connectivity index (χ3v) is 5.42. The number of hydrogen-bond acceptors (Lipinski definition) is 7. The molecule has 3 aliphatic rings. The molecule has 0 spiro atoms. The normalized spacial score (nSPS) is 21.7. The summed E-state index contributed by atoms with van der Waals surface area (Å²) < 4.78 is 32.6. The number of carbonyl (C=O) groups is 1. The van der Waals surface area contributed by atoms with Crippen LogP contribution in [0.1, 0.15) is 11.1 Å². The fourth-order valence-corrected chi connectivity index (χ4v) is 3.98. The van der Waals surface area contributed by atoms with Gasteiger partial charge in [-0.25, -0.2) is 0 Å². The van der Waals surface area contributed by atoms with Crippen molar-refractivity contribution in [3.63, 3.8) is 0 Å². The van der Waals surface area contributed by atoms with Crippen molar-refractivity contribution in [2.75, 3.05) is 27.3 Å². The molecule has 2 aromatic carbocycles. The lowest BCUT2D eigenvalue weighted by atomic mass is 9.85. The summed E-state index contributed by atoms with van der Waals surface area (Å²) in [7, 11) is 1.60. The van der Waals surface area contributed by atoms with Crippen LogP contribution in [0, 0.1) is 11.8 Å². The molecule has 1 fully saturated rings. The minimum absolute atomic E-state index is 0.0722. The van der Waals surface area contributed by atoms with Crippen molar-refractivity contribution in [2.24, 2.45) is 11.8 Å². The summed E-state index contributed by atoms with van der Waals surface area (Å²) in [6.07, 6.45) is 1.29. The van der Waals surface area contributed by atoms with Crippen molar-refractivity contribution >= 4 is 5.97 Å². The summed E-state index contributed by atoms with van der Waals surface area (Å²) in [4.78, 5) is 12.4. The second-order valence-electron chi connectivity index (χ2n) is 7.12. The third-order valence-electron chi connectivity index (χ3n) is 5.42. The van der Waals surface area contributed by atoms with Crippen LogP contribution in [-0.2, 0) is 22.4 Å². The van der Waals surface area contributed by atoms with Gasteiger partial charge in [-0.1, -0.05) is 6.07 Å². The summed E-state index contributed by atoms with van der Waals surface area (Å²) in [5.41, 5.74) is 2.06. The Balaban J connectivity index is 1.35. The summed E-state index contributed by atoms with van der Waals surface area (Å²) in [5, 5.41) is 0. The maximum atomic E-state index is 12.4. The molecule has 0 aliphatic carbocycles. The van der Waals surface area contributed by atoms with Gasteiger partial charge in [0.2, 0.25) is 19.3 Å². The zero-order valence-electron chi connectivity index (χ0n) is 15.4. The number of hydrogen-bond donors (Lipinski definition) is 0. The summed E-state index contributed by atoms with van der Waals surface area (Å²) in [6.45, 7) is 0.830. The molecule has 0 amide bonds. The second-order valence-corrected chi connectivity index (χ2v) is 7.12. The Kier molecular flexibility index (Phi) is 4.15. The highest BCUT2D eigenvalue weighted by molar-refractivity contribution is 5.75. The van der Waals surface area contributed by atoms with Crippen molar-refractivity contribution in [1.82, 2.24) is 0 Å². The van der Waals surface area contributed by atoms with Crippen LogP contribution in [0.25, 0.3) is 0 Å². The van der Waals surface area contributed by atoms with E-state index in [2.05, 4.69) is 0 Å². The van der Waals surface area contributed by atoms with Crippen LogP contribution in [0.2, 0.25) is 0 Å². The third kappa shape index (κ3) is 2.96. The molecule has 0 radical (unpaired) electrons. The van der Waals surface area contributed by atoms with Crippen LogP contribution < -0.4 is 23.7 Å². The standard InChI is InChI=1S/C21H20O7/c1-23-18-7-13(8-19-20(18)28-11-27-19)4-14-9-24-21(22)15(14)5-12-2-3-16-17(6-12)26-10-25-16/h2-3,6-8,14-15H,4-5,9-11H2,1H3. The SMILES string of the molecule is COc1cc(CC2COC(=O)C2Cc2ccc3c(c2)OCO3)cc2c1OCO2. The smallest absolute Gasteiger partial charge is 0.309 e. The molecule has 2 atom stereocenters. The highest BCUT2D eigenvalue weighted by atomic mass is 16.7. The van der Waals surface area contributed by atoms with E-state index < -0.39 is 0 Å². The van der Waals surface area contributed by atoms with Crippen LogP contribution in [-0.4, -0.2) is 33.3 Å². The lowest BCUT2D eigenvalue weighted by molar-refractivity contribution is -0.141. The Hall–Kier alpha value is -3.09. The quantitative estimate of drug-likeness (QED) is 0.734. The van der Waals surface area contributed by atoms with E-state index in [0.29, 0.717) is 36.7 Å². The van der Waals surface area contributed by atoms with Gasteiger partial charge in [0.25, 0.3) is 0 Å². The highest BCUT2D eigenvalue weighted by Gasteiger charge is 2.37. The van der Waals surface area contributed by atoms with Crippen LogP contribution in [0.4, 0.5) is 0 Å². The molecule has 2 unspecified atom stereocenters. The molecular weight excluding hydrogens is 364 g/mol. The predicted molar refractivity (Wildman–Crippen MR) is 97.0 cm³/mol. The van der Waals surface area contributed by atoms with E-state index in [9.17, 15) is 4.79 Å².